The van der Waals surface area contributed by atoms with Crippen LogP contribution in [0.4, 0.5) is 0 Å². The average Bonchev–Trinajstić information content (AvgIpc) is 2.46. The molecule has 1 amide bonds. The molecule has 1 aromatic rings. The molecule has 1 N–H and O–H groups in total. The molecule has 1 aliphatic rings. The van der Waals surface area contributed by atoms with E-state index in [0.29, 0.717) is 24.5 Å². The molecule has 2 rings (SSSR count). The molecule has 21 heavy (non-hydrogen) atoms. The van der Waals surface area contributed by atoms with E-state index in [0.717, 1.165) is 17.3 Å². The van der Waals surface area contributed by atoms with Crippen molar-refractivity contribution in [2.24, 2.45) is 0 Å². The van der Waals surface area contributed by atoms with Crippen molar-refractivity contribution in [2.45, 2.75) is 25.8 Å². The third kappa shape index (κ3) is 4.82. The van der Waals surface area contributed by atoms with E-state index in [1.165, 1.54) is 6.92 Å². The Bertz CT molecular complexity index is 526. The van der Waals surface area contributed by atoms with Crippen LogP contribution >= 0.6 is 15.9 Å². The first-order valence-electron chi connectivity index (χ1n) is 6.86. The third-order valence-corrected chi connectivity index (χ3v) is 3.76. The van der Waals surface area contributed by atoms with Crippen molar-refractivity contribution in [3.05, 3.63) is 28.2 Å². The quantitative estimate of drug-likeness (QED) is 0.823. The smallest absolute Gasteiger partial charge is 0.258 e. The number of benzene rings is 1. The molecule has 5 nitrogen and oxygen atoms in total. The number of hydrogen-bond donors (Lipinski definition) is 1. The van der Waals surface area contributed by atoms with Crippen LogP contribution in [0, 0.1) is 0 Å². The number of ketones is 1. The Hall–Kier alpha value is -1.40. The molecule has 1 heterocycles. The van der Waals surface area contributed by atoms with Gasteiger partial charge in [0.15, 0.2) is 12.4 Å². The highest BCUT2D eigenvalue weighted by Crippen LogP contribution is 2.24. The molecule has 1 aromatic carbocycles. The van der Waals surface area contributed by atoms with Gasteiger partial charge in [-0.25, -0.2) is 0 Å². The van der Waals surface area contributed by atoms with Gasteiger partial charge in [-0.1, -0.05) is 15.9 Å². The van der Waals surface area contributed by atoms with E-state index in [-0.39, 0.29) is 24.3 Å². The van der Waals surface area contributed by atoms with Crippen molar-refractivity contribution in [2.75, 3.05) is 19.8 Å². The molecule has 0 saturated carbocycles. The summed E-state index contributed by atoms with van der Waals surface area (Å²) < 4.78 is 11.5. The second kappa shape index (κ2) is 7.56. The van der Waals surface area contributed by atoms with Gasteiger partial charge in [0.2, 0.25) is 0 Å². The zero-order chi connectivity index (χ0) is 15.2. The van der Waals surface area contributed by atoms with Crippen LogP contribution in [0.5, 0.6) is 5.75 Å². The lowest BCUT2D eigenvalue weighted by molar-refractivity contribution is -0.124. The molecule has 1 aliphatic heterocycles. The standard InChI is InChI=1S/C15H18BrNO4/c1-10(18)13-3-2-11(16)8-14(13)21-9-15(19)17-12-4-6-20-7-5-12/h2-3,8,12H,4-7,9H2,1H3,(H,17,19). The van der Waals surface area contributed by atoms with E-state index in [9.17, 15) is 9.59 Å². The van der Waals surface area contributed by atoms with Gasteiger partial charge < -0.3 is 14.8 Å². The molecule has 114 valence electrons. The highest BCUT2D eigenvalue weighted by molar-refractivity contribution is 9.10. The van der Waals surface area contributed by atoms with Gasteiger partial charge in [-0.2, -0.15) is 0 Å². The number of rotatable bonds is 5. The van der Waals surface area contributed by atoms with Crippen LogP contribution in [0.3, 0.4) is 0 Å². The maximum Gasteiger partial charge on any atom is 0.258 e. The lowest BCUT2D eigenvalue weighted by atomic mass is 10.1. The van der Waals surface area contributed by atoms with Crippen LogP contribution < -0.4 is 10.1 Å². The van der Waals surface area contributed by atoms with E-state index in [4.69, 9.17) is 9.47 Å². The summed E-state index contributed by atoms with van der Waals surface area (Å²) in [6, 6.07) is 5.28. The third-order valence-electron chi connectivity index (χ3n) is 3.27. The Kier molecular flexibility index (Phi) is 5.76. The summed E-state index contributed by atoms with van der Waals surface area (Å²) in [7, 11) is 0. The van der Waals surface area contributed by atoms with E-state index >= 15 is 0 Å². The summed E-state index contributed by atoms with van der Waals surface area (Å²) in [6.45, 7) is 2.71. The van der Waals surface area contributed by atoms with Crippen molar-refractivity contribution in [3.8, 4) is 5.75 Å². The first-order valence-corrected chi connectivity index (χ1v) is 7.66. The highest BCUT2D eigenvalue weighted by Gasteiger charge is 2.17. The number of halogens is 1. The molecule has 1 fully saturated rings. The molecule has 0 aromatic heterocycles. The largest absolute Gasteiger partial charge is 0.483 e. The minimum absolute atomic E-state index is 0.0951. The molecule has 0 radical (unpaired) electrons. The van der Waals surface area contributed by atoms with Crippen LogP contribution in [0.25, 0.3) is 0 Å². The fourth-order valence-electron chi connectivity index (χ4n) is 2.16. The summed E-state index contributed by atoms with van der Waals surface area (Å²) in [6.07, 6.45) is 1.64. The minimum Gasteiger partial charge on any atom is -0.483 e. The van der Waals surface area contributed by atoms with E-state index < -0.39 is 0 Å². The number of carbonyl (C=O) groups excluding carboxylic acids is 2. The van der Waals surface area contributed by atoms with Crippen LogP contribution in [0.2, 0.25) is 0 Å². The number of Topliss-reactive ketones (excluding diaryl/α,β-unsaturated/α-hetero) is 1. The Labute approximate surface area is 132 Å². The van der Waals surface area contributed by atoms with Crippen molar-refractivity contribution in [3.63, 3.8) is 0 Å². The predicted octanol–water partition coefficient (Wildman–Crippen LogP) is 2.33. The van der Waals surface area contributed by atoms with E-state index in [1.807, 2.05) is 0 Å². The van der Waals surface area contributed by atoms with Gasteiger partial charge in [-0.05, 0) is 38.0 Å². The fraction of sp³-hybridized carbons (Fsp3) is 0.467. The molecule has 0 bridgehead atoms. The van der Waals surface area contributed by atoms with Crippen molar-refractivity contribution in [1.29, 1.82) is 0 Å². The molecular formula is C15H18BrNO4. The van der Waals surface area contributed by atoms with Gasteiger partial charge in [0, 0.05) is 23.7 Å². The minimum atomic E-state index is -0.184. The zero-order valence-electron chi connectivity index (χ0n) is 11.9. The Morgan fingerprint density at radius 1 is 1.38 bits per heavy atom. The first kappa shape index (κ1) is 16.0. The van der Waals surface area contributed by atoms with Gasteiger partial charge in [0.25, 0.3) is 5.91 Å². The van der Waals surface area contributed by atoms with E-state index in [1.54, 1.807) is 18.2 Å². The van der Waals surface area contributed by atoms with Crippen LogP contribution in [0.1, 0.15) is 30.1 Å². The normalized spacial score (nSPS) is 15.5. The van der Waals surface area contributed by atoms with Gasteiger partial charge in [0.05, 0.1) is 5.56 Å². The van der Waals surface area contributed by atoms with Gasteiger partial charge >= 0.3 is 0 Å². The molecule has 1 saturated heterocycles. The summed E-state index contributed by atoms with van der Waals surface area (Å²) in [5.74, 6) is 0.137. The maximum absolute atomic E-state index is 11.9. The predicted molar refractivity (Wildman–Crippen MR) is 81.6 cm³/mol. The number of amides is 1. The molecule has 6 heteroatoms. The summed E-state index contributed by atoms with van der Waals surface area (Å²) in [5.41, 5.74) is 0.470. The number of carbonyl (C=O) groups is 2. The molecule has 0 aliphatic carbocycles. The summed E-state index contributed by atoms with van der Waals surface area (Å²) in [4.78, 5) is 23.4. The molecular weight excluding hydrogens is 338 g/mol. The average molecular weight is 356 g/mol. The van der Waals surface area contributed by atoms with Gasteiger partial charge in [-0.15, -0.1) is 0 Å². The second-order valence-electron chi connectivity index (χ2n) is 4.94. The zero-order valence-corrected chi connectivity index (χ0v) is 13.4. The van der Waals surface area contributed by atoms with Crippen molar-refractivity contribution in [1.82, 2.24) is 5.32 Å². The van der Waals surface area contributed by atoms with Crippen LogP contribution in [-0.2, 0) is 9.53 Å². The SMILES string of the molecule is CC(=O)c1ccc(Br)cc1OCC(=O)NC1CCOCC1. The van der Waals surface area contributed by atoms with Crippen LogP contribution in [-0.4, -0.2) is 37.6 Å². The lowest BCUT2D eigenvalue weighted by Gasteiger charge is -2.23. The molecule has 0 atom stereocenters. The first-order chi connectivity index (χ1) is 10.1. The number of hydrogen-bond acceptors (Lipinski definition) is 4. The van der Waals surface area contributed by atoms with Crippen molar-refractivity contribution >= 4 is 27.6 Å². The fourth-order valence-corrected chi connectivity index (χ4v) is 2.50. The number of nitrogens with one attached hydrogen (secondary N) is 1. The Morgan fingerprint density at radius 3 is 2.76 bits per heavy atom. The molecule has 0 spiro atoms. The van der Waals surface area contributed by atoms with Crippen LogP contribution in [0.15, 0.2) is 22.7 Å². The van der Waals surface area contributed by atoms with Crippen molar-refractivity contribution < 1.29 is 19.1 Å². The topological polar surface area (TPSA) is 64.6 Å². The molecule has 0 unspecified atom stereocenters. The lowest BCUT2D eigenvalue weighted by Crippen LogP contribution is -2.41. The number of ether oxygens (including phenoxy) is 2. The maximum atomic E-state index is 11.9. The Morgan fingerprint density at radius 2 is 2.10 bits per heavy atom. The summed E-state index contributed by atoms with van der Waals surface area (Å²) in [5, 5.41) is 2.91. The van der Waals surface area contributed by atoms with Gasteiger partial charge in [-0.3, -0.25) is 9.59 Å². The monoisotopic (exact) mass is 355 g/mol. The highest BCUT2D eigenvalue weighted by atomic mass is 79.9. The van der Waals surface area contributed by atoms with Gasteiger partial charge in [0.1, 0.15) is 5.75 Å². The second-order valence-corrected chi connectivity index (χ2v) is 5.86. The Balaban J connectivity index is 1.91. The summed E-state index contributed by atoms with van der Waals surface area (Å²) >= 11 is 3.33. The van der Waals surface area contributed by atoms with E-state index in [2.05, 4.69) is 21.2 Å².